The second kappa shape index (κ2) is 16.2. The Balaban J connectivity index is 1.69. The van der Waals surface area contributed by atoms with Gasteiger partial charge < -0.3 is 30.3 Å². The molecule has 1 aliphatic heterocycles. The highest BCUT2D eigenvalue weighted by atomic mass is 16.6. The summed E-state index contributed by atoms with van der Waals surface area (Å²) in [6.07, 6.45) is 3.60. The van der Waals surface area contributed by atoms with Gasteiger partial charge in [0.1, 0.15) is 23.3 Å². The first-order valence-electron chi connectivity index (χ1n) is 15.7. The normalized spacial score (nSPS) is 16.3. The van der Waals surface area contributed by atoms with Crippen LogP contribution in [0.2, 0.25) is 0 Å². The van der Waals surface area contributed by atoms with Crippen molar-refractivity contribution in [3.05, 3.63) is 66.0 Å². The molecule has 4 amide bonds. The minimum atomic E-state index is -0.895. The molecule has 11 nitrogen and oxygen atoms in total. The van der Waals surface area contributed by atoms with Gasteiger partial charge in [-0.1, -0.05) is 36.4 Å². The Bertz CT molecular complexity index is 1260. The molecule has 45 heavy (non-hydrogen) atoms. The van der Waals surface area contributed by atoms with Gasteiger partial charge in [-0.05, 0) is 91.3 Å². The largest absolute Gasteiger partial charge is 0.444 e. The summed E-state index contributed by atoms with van der Waals surface area (Å²) in [4.78, 5) is 58.4. The third-order valence-electron chi connectivity index (χ3n) is 7.07. The number of nitrogens with one attached hydrogen (secondary N) is 3. The Kier molecular flexibility index (Phi) is 12.8. The second-order valence-corrected chi connectivity index (χ2v) is 13.3. The van der Waals surface area contributed by atoms with Crippen LogP contribution in [0.15, 0.2) is 54.7 Å². The van der Waals surface area contributed by atoms with E-state index < -0.39 is 35.5 Å². The van der Waals surface area contributed by atoms with E-state index in [0.29, 0.717) is 51.6 Å². The molecular formula is C34H49N5O6. The van der Waals surface area contributed by atoms with Crippen molar-refractivity contribution in [2.75, 3.05) is 13.1 Å². The fraction of sp³-hybridized carbons (Fsp3) is 0.559. The van der Waals surface area contributed by atoms with E-state index in [0.717, 1.165) is 11.3 Å². The molecule has 0 radical (unpaired) electrons. The predicted octanol–water partition coefficient (Wildman–Crippen LogP) is 5.06. The molecule has 1 saturated heterocycles. The van der Waals surface area contributed by atoms with Crippen molar-refractivity contribution < 1.29 is 28.7 Å². The molecule has 0 aliphatic carbocycles. The van der Waals surface area contributed by atoms with E-state index in [9.17, 15) is 19.2 Å². The summed E-state index contributed by atoms with van der Waals surface area (Å²) in [5, 5.41) is 8.62. The van der Waals surface area contributed by atoms with E-state index in [1.807, 2.05) is 48.5 Å². The van der Waals surface area contributed by atoms with Gasteiger partial charge in [0.2, 0.25) is 11.8 Å². The van der Waals surface area contributed by atoms with Gasteiger partial charge in [-0.2, -0.15) is 0 Å². The molecule has 1 aliphatic rings. The van der Waals surface area contributed by atoms with Crippen molar-refractivity contribution in [1.82, 2.24) is 25.8 Å². The molecule has 246 valence electrons. The van der Waals surface area contributed by atoms with Crippen molar-refractivity contribution in [1.29, 1.82) is 0 Å². The fourth-order valence-corrected chi connectivity index (χ4v) is 5.12. The number of benzene rings is 1. The maximum atomic E-state index is 13.9. The van der Waals surface area contributed by atoms with Crippen LogP contribution < -0.4 is 16.0 Å². The zero-order valence-corrected chi connectivity index (χ0v) is 27.4. The van der Waals surface area contributed by atoms with Crippen LogP contribution in [-0.2, 0) is 25.5 Å². The van der Waals surface area contributed by atoms with E-state index in [-0.39, 0.29) is 17.9 Å². The number of likely N-dealkylation sites (tertiary alicyclic amines) is 1. The zero-order chi connectivity index (χ0) is 33.0. The number of rotatable bonds is 12. The van der Waals surface area contributed by atoms with E-state index in [2.05, 4.69) is 20.9 Å². The summed E-state index contributed by atoms with van der Waals surface area (Å²) in [5.74, 6) is -0.581. The van der Waals surface area contributed by atoms with Crippen LogP contribution in [0.1, 0.15) is 90.9 Å². The van der Waals surface area contributed by atoms with E-state index in [4.69, 9.17) is 9.47 Å². The lowest BCUT2D eigenvalue weighted by Crippen LogP contribution is -2.54. The van der Waals surface area contributed by atoms with Crippen LogP contribution in [0.3, 0.4) is 0 Å². The lowest BCUT2D eigenvalue weighted by Gasteiger charge is -2.30. The Morgan fingerprint density at radius 1 is 0.889 bits per heavy atom. The summed E-state index contributed by atoms with van der Waals surface area (Å²) < 4.78 is 10.7. The molecule has 3 unspecified atom stereocenters. The standard InChI is InChI=1S/C34H49N5O6/c1-33(2,3)44-31(42)36-21-13-11-18-26(38-32(43)45-34(4,5)6)30(41)39-22-14-19-28(39)29(40)37-27(24-15-8-7-9-16-24)23-25-17-10-12-20-35-25/h7-10,12,15-17,20,26-28H,11,13-14,18-19,21-23H2,1-6H3,(H,36,42)(H,37,40)(H,38,43). The number of unbranched alkanes of at least 4 members (excludes halogenated alkanes) is 1. The molecule has 0 spiro atoms. The van der Waals surface area contributed by atoms with Crippen LogP contribution in [0.4, 0.5) is 9.59 Å². The molecular weight excluding hydrogens is 574 g/mol. The second-order valence-electron chi connectivity index (χ2n) is 13.3. The van der Waals surface area contributed by atoms with E-state index >= 15 is 0 Å². The average molecular weight is 624 g/mol. The topological polar surface area (TPSA) is 139 Å². The van der Waals surface area contributed by atoms with Crippen LogP contribution >= 0.6 is 0 Å². The van der Waals surface area contributed by atoms with Crippen LogP contribution in [0.25, 0.3) is 0 Å². The number of carbonyl (C=O) groups excluding carboxylic acids is 4. The number of hydrogen-bond acceptors (Lipinski definition) is 7. The highest BCUT2D eigenvalue weighted by Crippen LogP contribution is 2.23. The lowest BCUT2D eigenvalue weighted by atomic mass is 10.0. The number of aromatic nitrogens is 1. The third-order valence-corrected chi connectivity index (χ3v) is 7.07. The fourth-order valence-electron chi connectivity index (χ4n) is 5.12. The van der Waals surface area contributed by atoms with Gasteiger partial charge in [-0.3, -0.25) is 14.6 Å². The van der Waals surface area contributed by atoms with Gasteiger partial charge in [0.05, 0.1) is 6.04 Å². The molecule has 0 bridgehead atoms. The van der Waals surface area contributed by atoms with Crippen LogP contribution in [0.5, 0.6) is 0 Å². The van der Waals surface area contributed by atoms with Crippen molar-refractivity contribution >= 4 is 24.0 Å². The number of ether oxygens (including phenoxy) is 2. The van der Waals surface area contributed by atoms with Gasteiger partial charge in [0.25, 0.3) is 0 Å². The first kappa shape index (κ1) is 35.3. The summed E-state index contributed by atoms with van der Waals surface area (Å²) in [7, 11) is 0. The summed E-state index contributed by atoms with van der Waals surface area (Å²) in [6, 6.07) is 13.5. The predicted molar refractivity (Wildman–Crippen MR) is 171 cm³/mol. The minimum Gasteiger partial charge on any atom is -0.444 e. The Morgan fingerprint density at radius 3 is 2.20 bits per heavy atom. The van der Waals surface area contributed by atoms with Gasteiger partial charge in [-0.15, -0.1) is 0 Å². The quantitative estimate of drug-likeness (QED) is 0.281. The monoisotopic (exact) mass is 623 g/mol. The molecule has 3 N–H and O–H groups in total. The third kappa shape index (κ3) is 12.4. The van der Waals surface area contributed by atoms with Crippen molar-refractivity contribution in [3.63, 3.8) is 0 Å². The maximum absolute atomic E-state index is 13.9. The van der Waals surface area contributed by atoms with E-state index in [1.165, 1.54) is 0 Å². The molecule has 2 heterocycles. The van der Waals surface area contributed by atoms with Gasteiger partial charge in [0.15, 0.2) is 0 Å². The molecule has 2 aromatic rings. The molecule has 11 heteroatoms. The minimum absolute atomic E-state index is 0.247. The van der Waals surface area contributed by atoms with Crippen LogP contribution in [-0.4, -0.2) is 70.3 Å². The summed E-state index contributed by atoms with van der Waals surface area (Å²) in [6.45, 7) is 11.4. The van der Waals surface area contributed by atoms with Crippen LogP contribution in [0, 0.1) is 0 Å². The average Bonchev–Trinajstić information content (AvgIpc) is 3.45. The Hall–Kier alpha value is -4.15. The number of alkyl carbamates (subject to hydrolysis) is 2. The molecule has 1 fully saturated rings. The number of nitrogens with zero attached hydrogens (tertiary/aromatic N) is 2. The first-order chi connectivity index (χ1) is 21.2. The highest BCUT2D eigenvalue weighted by molar-refractivity contribution is 5.92. The van der Waals surface area contributed by atoms with Crippen molar-refractivity contribution in [2.45, 2.75) is 109 Å². The number of hydrogen-bond donors (Lipinski definition) is 3. The number of carbonyl (C=O) groups is 4. The van der Waals surface area contributed by atoms with Gasteiger partial charge in [0, 0.05) is 31.4 Å². The first-order valence-corrected chi connectivity index (χ1v) is 15.7. The Morgan fingerprint density at radius 2 is 1.56 bits per heavy atom. The van der Waals surface area contributed by atoms with Crippen molar-refractivity contribution in [3.8, 4) is 0 Å². The van der Waals surface area contributed by atoms with Gasteiger partial charge in [-0.25, -0.2) is 9.59 Å². The summed E-state index contributed by atoms with van der Waals surface area (Å²) in [5.41, 5.74) is 0.438. The lowest BCUT2D eigenvalue weighted by molar-refractivity contribution is -0.140. The smallest absolute Gasteiger partial charge is 0.408 e. The van der Waals surface area contributed by atoms with Crippen molar-refractivity contribution in [2.24, 2.45) is 0 Å². The number of amides is 4. The highest BCUT2D eigenvalue weighted by Gasteiger charge is 2.38. The Labute approximate surface area is 266 Å². The maximum Gasteiger partial charge on any atom is 0.408 e. The molecule has 0 saturated carbocycles. The van der Waals surface area contributed by atoms with Gasteiger partial charge >= 0.3 is 12.2 Å². The summed E-state index contributed by atoms with van der Waals surface area (Å²) >= 11 is 0. The SMILES string of the molecule is CC(C)(C)OC(=O)NCCCCC(NC(=O)OC(C)(C)C)C(=O)N1CCCC1C(=O)NC(Cc1ccccn1)c1ccccc1. The number of pyridine rings is 1. The zero-order valence-electron chi connectivity index (χ0n) is 27.4. The molecule has 1 aromatic heterocycles. The molecule has 1 aromatic carbocycles. The van der Waals surface area contributed by atoms with E-state index in [1.54, 1.807) is 52.6 Å². The molecule has 3 rings (SSSR count). The molecule has 3 atom stereocenters.